The third-order valence-corrected chi connectivity index (χ3v) is 6.55. The summed E-state index contributed by atoms with van der Waals surface area (Å²) in [7, 11) is 0. The van der Waals surface area contributed by atoms with Crippen LogP contribution in [0.3, 0.4) is 0 Å². The molecular weight excluding hydrogens is 426 g/mol. The first-order valence-electron chi connectivity index (χ1n) is 12.0. The number of aromatic nitrogens is 2. The maximum absolute atomic E-state index is 13.3. The lowest BCUT2D eigenvalue weighted by Gasteiger charge is -2.27. The molecule has 0 radical (unpaired) electrons. The van der Waals surface area contributed by atoms with E-state index in [0.717, 1.165) is 19.3 Å². The number of likely N-dealkylation sites (tertiary alicyclic amines) is 1. The molecule has 3 amide bonds. The number of nitrogens with zero attached hydrogens (tertiary/aromatic N) is 3. The number of hydrogen-bond donors (Lipinski definition) is 2. The highest BCUT2D eigenvalue weighted by molar-refractivity contribution is 6.05. The van der Waals surface area contributed by atoms with Gasteiger partial charge in [-0.3, -0.25) is 33.6 Å². The van der Waals surface area contributed by atoms with Crippen molar-refractivity contribution in [3.05, 3.63) is 20.8 Å². The number of imide groups is 1. The van der Waals surface area contributed by atoms with Crippen molar-refractivity contribution in [2.75, 3.05) is 23.7 Å². The third-order valence-electron chi connectivity index (χ3n) is 6.55. The Labute approximate surface area is 193 Å². The number of nitrogens with two attached hydrogens (primary N) is 1. The molecule has 10 nitrogen and oxygen atoms in total. The molecule has 1 aromatic rings. The predicted molar refractivity (Wildman–Crippen MR) is 125 cm³/mol. The molecule has 182 valence electrons. The van der Waals surface area contributed by atoms with Gasteiger partial charge >= 0.3 is 5.69 Å². The van der Waals surface area contributed by atoms with Crippen LogP contribution in [0.4, 0.5) is 11.5 Å². The van der Waals surface area contributed by atoms with Gasteiger partial charge in [-0.2, -0.15) is 0 Å². The standard InChI is InChI=1S/C23H35N5O5/c1-4-5-11-26-19(24)18(20(30)25-23(26)33)28(13-14(2)3)17(29)10-12-27-21(31)15-8-6-7-9-16(15)22(27)32/h14-16H,4-13,24H2,1-3H3,(H,25,30,33)/t15-,16+. The number of aromatic amines is 1. The van der Waals surface area contributed by atoms with Gasteiger partial charge in [0.1, 0.15) is 5.82 Å². The first-order valence-corrected chi connectivity index (χ1v) is 12.0. The van der Waals surface area contributed by atoms with Crippen LogP contribution in [0.15, 0.2) is 9.59 Å². The summed E-state index contributed by atoms with van der Waals surface area (Å²) in [5.74, 6) is -1.39. The van der Waals surface area contributed by atoms with Crippen LogP contribution in [0, 0.1) is 17.8 Å². The van der Waals surface area contributed by atoms with Gasteiger partial charge in [0.2, 0.25) is 17.7 Å². The summed E-state index contributed by atoms with van der Waals surface area (Å²) >= 11 is 0. The SMILES string of the molecule is CCCCn1c(N)c(N(CC(C)C)C(=O)CCN2C(=O)[C@H]3CCCC[C@H]3C2=O)c(=O)[nH]c1=O. The Balaban J connectivity index is 1.84. The maximum atomic E-state index is 13.3. The second-order valence-corrected chi connectivity index (χ2v) is 9.47. The summed E-state index contributed by atoms with van der Waals surface area (Å²) in [4.78, 5) is 68.5. The van der Waals surface area contributed by atoms with Crippen LogP contribution in [0.5, 0.6) is 0 Å². The average Bonchev–Trinajstić information content (AvgIpc) is 3.01. The minimum atomic E-state index is -0.724. The number of fused-ring (bicyclic) bond motifs is 1. The fourth-order valence-corrected chi connectivity index (χ4v) is 4.85. The van der Waals surface area contributed by atoms with Crippen molar-refractivity contribution in [3.8, 4) is 0 Å². The first-order chi connectivity index (χ1) is 15.7. The van der Waals surface area contributed by atoms with Crippen molar-refractivity contribution in [2.45, 2.75) is 72.3 Å². The van der Waals surface area contributed by atoms with Crippen molar-refractivity contribution < 1.29 is 14.4 Å². The molecule has 0 spiro atoms. The van der Waals surface area contributed by atoms with Crippen molar-refractivity contribution in [1.82, 2.24) is 14.5 Å². The average molecular weight is 462 g/mol. The van der Waals surface area contributed by atoms with Gasteiger partial charge in [0.25, 0.3) is 5.56 Å². The lowest BCUT2D eigenvalue weighted by atomic mass is 9.81. The lowest BCUT2D eigenvalue weighted by molar-refractivity contribution is -0.140. The van der Waals surface area contributed by atoms with E-state index in [1.54, 1.807) is 0 Å². The number of hydrogen-bond acceptors (Lipinski definition) is 6. The van der Waals surface area contributed by atoms with Gasteiger partial charge in [-0.05, 0) is 25.2 Å². The molecule has 1 saturated carbocycles. The lowest BCUT2D eigenvalue weighted by Crippen LogP contribution is -2.44. The highest BCUT2D eigenvalue weighted by atomic mass is 16.2. The highest BCUT2D eigenvalue weighted by Crippen LogP contribution is 2.38. The number of amides is 3. The van der Waals surface area contributed by atoms with Gasteiger partial charge in [0.05, 0.1) is 11.8 Å². The molecule has 3 N–H and O–H groups in total. The number of rotatable bonds is 9. The zero-order valence-corrected chi connectivity index (χ0v) is 19.8. The maximum Gasteiger partial charge on any atom is 0.330 e. The number of carbonyl (C=O) groups excluding carboxylic acids is 3. The molecule has 2 atom stereocenters. The van der Waals surface area contributed by atoms with E-state index < -0.39 is 17.2 Å². The van der Waals surface area contributed by atoms with Crippen LogP contribution >= 0.6 is 0 Å². The van der Waals surface area contributed by atoms with E-state index in [1.807, 2.05) is 20.8 Å². The molecule has 0 unspecified atom stereocenters. The molecule has 33 heavy (non-hydrogen) atoms. The fourth-order valence-electron chi connectivity index (χ4n) is 4.85. The molecule has 2 fully saturated rings. The smallest absolute Gasteiger partial charge is 0.330 e. The molecule has 10 heteroatoms. The van der Waals surface area contributed by atoms with E-state index in [9.17, 15) is 24.0 Å². The van der Waals surface area contributed by atoms with E-state index >= 15 is 0 Å². The van der Waals surface area contributed by atoms with E-state index in [-0.39, 0.29) is 60.6 Å². The first kappa shape index (κ1) is 24.7. The van der Waals surface area contributed by atoms with Gasteiger partial charge in [-0.25, -0.2) is 4.79 Å². The highest BCUT2D eigenvalue weighted by Gasteiger charge is 2.48. The van der Waals surface area contributed by atoms with Crippen molar-refractivity contribution in [3.63, 3.8) is 0 Å². The summed E-state index contributed by atoms with van der Waals surface area (Å²) < 4.78 is 1.28. The molecule has 1 aliphatic carbocycles. The van der Waals surface area contributed by atoms with Crippen LogP contribution < -0.4 is 21.9 Å². The molecule has 2 aliphatic rings. The minimum absolute atomic E-state index is 0.0155. The van der Waals surface area contributed by atoms with E-state index in [1.165, 1.54) is 14.4 Å². The fraction of sp³-hybridized carbons (Fsp3) is 0.696. The van der Waals surface area contributed by atoms with Crippen LogP contribution in [-0.2, 0) is 20.9 Å². The summed E-state index contributed by atoms with van der Waals surface area (Å²) in [6.07, 6.45) is 4.70. The van der Waals surface area contributed by atoms with Gasteiger partial charge in [0, 0.05) is 26.1 Å². The zero-order valence-electron chi connectivity index (χ0n) is 19.8. The van der Waals surface area contributed by atoms with Crippen LogP contribution in [0.1, 0.15) is 65.7 Å². The minimum Gasteiger partial charge on any atom is -0.383 e. The van der Waals surface area contributed by atoms with Crippen LogP contribution in [-0.4, -0.2) is 45.3 Å². The Morgan fingerprint density at radius 2 is 1.70 bits per heavy atom. The number of nitrogens with one attached hydrogen (secondary N) is 1. The topological polar surface area (TPSA) is 139 Å². The number of unbranched alkanes of at least 4 members (excludes halogenated alkanes) is 1. The van der Waals surface area contributed by atoms with E-state index in [2.05, 4.69) is 4.98 Å². The van der Waals surface area contributed by atoms with Crippen molar-refractivity contribution >= 4 is 29.2 Å². The van der Waals surface area contributed by atoms with E-state index in [4.69, 9.17) is 5.73 Å². The quantitative estimate of drug-likeness (QED) is 0.534. The summed E-state index contributed by atoms with van der Waals surface area (Å²) in [6.45, 7) is 6.29. The van der Waals surface area contributed by atoms with E-state index in [0.29, 0.717) is 25.8 Å². The predicted octanol–water partition coefficient (Wildman–Crippen LogP) is 1.47. The molecule has 1 aromatic heterocycles. The molecule has 0 aromatic carbocycles. The summed E-state index contributed by atoms with van der Waals surface area (Å²) in [5, 5.41) is 0. The second-order valence-electron chi connectivity index (χ2n) is 9.47. The molecular formula is C23H35N5O5. The molecule has 3 rings (SSSR count). The Hall–Kier alpha value is -2.91. The Morgan fingerprint density at radius 1 is 1.09 bits per heavy atom. The number of carbonyl (C=O) groups is 3. The van der Waals surface area contributed by atoms with Gasteiger partial charge in [-0.1, -0.05) is 40.0 Å². The Morgan fingerprint density at radius 3 is 2.24 bits per heavy atom. The van der Waals surface area contributed by atoms with Crippen LogP contribution in [0.2, 0.25) is 0 Å². The molecule has 2 heterocycles. The monoisotopic (exact) mass is 461 g/mol. The number of nitrogen functional groups attached to an aromatic ring is 1. The van der Waals surface area contributed by atoms with Gasteiger partial charge < -0.3 is 10.6 Å². The zero-order chi connectivity index (χ0) is 24.3. The molecule has 0 bridgehead atoms. The largest absolute Gasteiger partial charge is 0.383 e. The van der Waals surface area contributed by atoms with Crippen LogP contribution in [0.25, 0.3) is 0 Å². The molecule has 1 aliphatic heterocycles. The molecule has 1 saturated heterocycles. The normalized spacial score (nSPS) is 20.4. The second kappa shape index (κ2) is 10.4. The Kier molecular flexibility index (Phi) is 7.76. The van der Waals surface area contributed by atoms with Crippen molar-refractivity contribution in [2.24, 2.45) is 17.8 Å². The number of H-pyrrole nitrogens is 1. The van der Waals surface area contributed by atoms with Crippen molar-refractivity contribution in [1.29, 1.82) is 0 Å². The third kappa shape index (κ3) is 5.04. The number of anilines is 2. The summed E-state index contributed by atoms with van der Waals surface area (Å²) in [6, 6.07) is 0. The van der Waals surface area contributed by atoms with Gasteiger partial charge in [0.15, 0.2) is 5.69 Å². The summed E-state index contributed by atoms with van der Waals surface area (Å²) in [5.41, 5.74) is 4.82. The van der Waals surface area contributed by atoms with Gasteiger partial charge in [-0.15, -0.1) is 0 Å². The Bertz CT molecular complexity index is 1000.